The smallest absolute Gasteiger partial charge is 0.438 e. The number of benzene rings is 1. The average Bonchev–Trinajstić information content (AvgIpc) is 3.18. The first-order valence-electron chi connectivity index (χ1n) is 9.50. The van der Waals surface area contributed by atoms with Crippen molar-refractivity contribution in [1.82, 2.24) is 25.5 Å². The van der Waals surface area contributed by atoms with E-state index in [0.717, 1.165) is 5.32 Å². The number of hydrogen-bond acceptors (Lipinski definition) is 7. The summed E-state index contributed by atoms with van der Waals surface area (Å²) < 4.78 is 5.75. The summed E-state index contributed by atoms with van der Waals surface area (Å²) in [6.07, 6.45) is 2.98. The lowest BCUT2D eigenvalue weighted by atomic mass is 9.90. The van der Waals surface area contributed by atoms with Crippen LogP contribution in [0.4, 0.5) is 15.3 Å². The largest absolute Gasteiger partial charge is 0.516 e. The molecule has 0 spiro atoms. The monoisotopic (exact) mass is 439 g/mol. The predicted molar refractivity (Wildman–Crippen MR) is 116 cm³/mol. The number of nitrogens with one attached hydrogen (secondary N) is 4. The number of carboxylic acid groups (broad SMARTS) is 1. The number of nitrogens with zero attached hydrogens (tertiary/aromatic N) is 3. The maximum absolute atomic E-state index is 12.3. The number of urea groups is 1. The highest BCUT2D eigenvalue weighted by Crippen LogP contribution is 2.26. The zero-order chi connectivity index (χ0) is 23.3. The van der Waals surface area contributed by atoms with Crippen LogP contribution >= 0.6 is 0 Å². The maximum Gasteiger partial charge on any atom is 0.516 e. The van der Waals surface area contributed by atoms with Crippen molar-refractivity contribution in [3.05, 3.63) is 48.7 Å². The number of quaternary nitrogens is 1. The van der Waals surface area contributed by atoms with E-state index in [2.05, 4.69) is 30.8 Å². The molecule has 3 aromatic rings. The molecule has 0 saturated carbocycles. The molecule has 12 heteroatoms. The van der Waals surface area contributed by atoms with Crippen molar-refractivity contribution in [3.8, 4) is 11.6 Å². The summed E-state index contributed by atoms with van der Waals surface area (Å²) in [6.45, 7) is 5.44. The second kappa shape index (κ2) is 9.22. The van der Waals surface area contributed by atoms with Gasteiger partial charge < -0.3 is 20.6 Å². The third-order valence-electron chi connectivity index (χ3n) is 4.18. The molecule has 0 aliphatic carbocycles. The number of amides is 3. The van der Waals surface area contributed by atoms with E-state index < -0.39 is 17.5 Å². The highest BCUT2D eigenvalue weighted by Gasteiger charge is 2.20. The van der Waals surface area contributed by atoms with Gasteiger partial charge in [-0.25, -0.2) is 14.8 Å². The molecule has 0 radical (unpaired) electrons. The van der Waals surface area contributed by atoms with Crippen LogP contribution in [0, 0.1) is 10.8 Å². The lowest BCUT2D eigenvalue weighted by molar-refractivity contribution is -0.521. The summed E-state index contributed by atoms with van der Waals surface area (Å²) in [7, 11) is 0. The quantitative estimate of drug-likeness (QED) is 0.319. The number of carbonyl (C=O) groups is 2. The first-order chi connectivity index (χ1) is 15.1. The molecule has 3 amide bonds. The molecule has 12 nitrogen and oxygen atoms in total. The van der Waals surface area contributed by atoms with Crippen molar-refractivity contribution in [2.24, 2.45) is 5.41 Å². The average molecular weight is 439 g/mol. The number of primary amides is 1. The number of allylic oxidation sites excluding steroid dienone is 1. The van der Waals surface area contributed by atoms with Crippen LogP contribution in [0.2, 0.25) is 0 Å². The van der Waals surface area contributed by atoms with E-state index in [9.17, 15) is 9.59 Å². The van der Waals surface area contributed by atoms with Gasteiger partial charge in [0.25, 0.3) is 0 Å². The topological polar surface area (TPSA) is 183 Å². The van der Waals surface area contributed by atoms with Gasteiger partial charge >= 0.3 is 12.1 Å². The highest BCUT2D eigenvalue weighted by molar-refractivity contribution is 5.98. The fourth-order valence-corrected chi connectivity index (χ4v) is 2.45. The standard InChI is InChI=1S/C20H22N8O4/c1-20(2,3)14(21)8-15(27-19(30)31)26-18(29)25-11-4-6-12(7-5-11)32-17-13-9-24-28-16(13)22-10-23-17/h4-10,21,27H,1-3H3,(H,30,31)(H2,25,26,29)(H,22,23,24,28)/p+1/b15-8-,21-14?. The van der Waals surface area contributed by atoms with E-state index in [0.29, 0.717) is 28.4 Å². The van der Waals surface area contributed by atoms with Gasteiger partial charge in [0.15, 0.2) is 5.65 Å². The molecule has 0 aliphatic rings. The number of H-pyrrole nitrogens is 1. The van der Waals surface area contributed by atoms with E-state index in [1.165, 1.54) is 12.4 Å². The Bertz CT molecular complexity index is 1180. The van der Waals surface area contributed by atoms with Crippen LogP contribution in [-0.4, -0.2) is 43.1 Å². The molecule has 0 fully saturated rings. The van der Waals surface area contributed by atoms with Gasteiger partial charge in [0.05, 0.1) is 6.20 Å². The molecule has 32 heavy (non-hydrogen) atoms. The Morgan fingerprint density at radius 1 is 1.22 bits per heavy atom. The lowest BCUT2D eigenvalue weighted by Crippen LogP contribution is -2.88. The molecule has 0 aliphatic heterocycles. The van der Waals surface area contributed by atoms with Gasteiger partial charge in [-0.05, 0) is 24.3 Å². The zero-order valence-corrected chi connectivity index (χ0v) is 17.6. The van der Waals surface area contributed by atoms with Gasteiger partial charge in [0.2, 0.25) is 11.7 Å². The number of ether oxygens (including phenoxy) is 1. The highest BCUT2D eigenvalue weighted by atomic mass is 16.5. The van der Waals surface area contributed by atoms with Gasteiger partial charge in [-0.3, -0.25) is 10.4 Å². The number of aromatic amines is 1. The van der Waals surface area contributed by atoms with E-state index in [1.54, 1.807) is 30.5 Å². The maximum atomic E-state index is 12.3. The summed E-state index contributed by atoms with van der Waals surface area (Å²) in [4.78, 5) is 31.5. The number of carbonyl (C=O) groups excluding carboxylic acids is 1. The van der Waals surface area contributed by atoms with Crippen LogP contribution < -0.4 is 20.7 Å². The Hall–Kier alpha value is -4.32. The number of anilines is 1. The Morgan fingerprint density at radius 3 is 2.59 bits per heavy atom. The van der Waals surface area contributed by atoms with E-state index in [-0.39, 0.29) is 11.5 Å². The van der Waals surface area contributed by atoms with Gasteiger partial charge in [-0.1, -0.05) is 20.8 Å². The Balaban J connectivity index is 1.65. The van der Waals surface area contributed by atoms with E-state index >= 15 is 0 Å². The Labute approximate surface area is 182 Å². The number of rotatable bonds is 6. The molecule has 7 N–H and O–H groups in total. The molecular weight excluding hydrogens is 416 g/mol. The normalized spacial score (nSPS) is 11.8. The van der Waals surface area contributed by atoms with Gasteiger partial charge in [0, 0.05) is 22.9 Å². The zero-order valence-electron chi connectivity index (χ0n) is 17.6. The lowest BCUT2D eigenvalue weighted by Gasteiger charge is -2.17. The summed E-state index contributed by atoms with van der Waals surface area (Å²) in [5, 5.41) is 30.2. The third kappa shape index (κ3) is 5.86. The number of hydrogen-bond donors (Lipinski definition) is 6. The molecule has 2 heterocycles. The van der Waals surface area contributed by atoms with Crippen molar-refractivity contribution < 1.29 is 24.7 Å². The minimum atomic E-state index is -1.24. The fourth-order valence-electron chi connectivity index (χ4n) is 2.45. The van der Waals surface area contributed by atoms with Crippen LogP contribution in [0.5, 0.6) is 11.6 Å². The molecule has 2 aromatic heterocycles. The second-order valence-electron chi connectivity index (χ2n) is 7.76. The van der Waals surface area contributed by atoms with Crippen LogP contribution in [0.1, 0.15) is 20.8 Å². The van der Waals surface area contributed by atoms with Crippen molar-refractivity contribution >= 4 is 34.6 Å². The third-order valence-corrected chi connectivity index (χ3v) is 4.18. The van der Waals surface area contributed by atoms with Gasteiger partial charge in [-0.2, -0.15) is 15.2 Å². The molecule has 0 atom stereocenters. The first kappa shape index (κ1) is 22.4. The first-order valence-corrected chi connectivity index (χ1v) is 9.50. The van der Waals surface area contributed by atoms with Crippen LogP contribution in [0.3, 0.4) is 0 Å². The number of aromatic nitrogens is 4. The summed E-state index contributed by atoms with van der Waals surface area (Å²) in [5.41, 5.74) is 0.665. The molecule has 0 unspecified atom stereocenters. The summed E-state index contributed by atoms with van der Waals surface area (Å²) >= 11 is 0. The minimum absolute atomic E-state index is 0.0113. The predicted octanol–water partition coefficient (Wildman–Crippen LogP) is 2.42. The second-order valence-corrected chi connectivity index (χ2v) is 7.76. The van der Waals surface area contributed by atoms with Gasteiger partial charge in [0.1, 0.15) is 17.5 Å². The number of nitrogens with two attached hydrogens (primary N) is 1. The summed E-state index contributed by atoms with van der Waals surface area (Å²) in [5.74, 6) is 0.806. The summed E-state index contributed by atoms with van der Waals surface area (Å²) in [6, 6.07) is 5.85. The van der Waals surface area contributed by atoms with Crippen molar-refractivity contribution in [3.63, 3.8) is 0 Å². The SMILES string of the molecule is CC(C)(C)C(=N)/C=C(/NC(=O)Nc1ccc(Oc2ncnc3[nH]ncc23)cc1)[NH2+]C(=O)O. The van der Waals surface area contributed by atoms with E-state index in [4.69, 9.17) is 15.3 Å². The molecule has 1 aromatic carbocycles. The fraction of sp³-hybridized carbons (Fsp3) is 0.200. The van der Waals surface area contributed by atoms with Crippen molar-refractivity contribution in [2.45, 2.75) is 20.8 Å². The Morgan fingerprint density at radius 2 is 1.94 bits per heavy atom. The molecule has 3 rings (SSSR count). The van der Waals surface area contributed by atoms with Crippen LogP contribution in [-0.2, 0) is 0 Å². The molecule has 166 valence electrons. The van der Waals surface area contributed by atoms with Crippen LogP contribution in [0.15, 0.2) is 48.7 Å². The van der Waals surface area contributed by atoms with Crippen molar-refractivity contribution in [1.29, 1.82) is 5.41 Å². The van der Waals surface area contributed by atoms with Gasteiger partial charge in [-0.15, -0.1) is 0 Å². The Kier molecular flexibility index (Phi) is 6.45. The molecular formula is C20H23N8O4+. The van der Waals surface area contributed by atoms with Crippen LogP contribution in [0.25, 0.3) is 11.0 Å². The van der Waals surface area contributed by atoms with E-state index in [1.807, 2.05) is 20.8 Å². The number of fused-ring (bicyclic) bond motifs is 1. The molecule has 0 saturated heterocycles. The molecule has 0 bridgehead atoms. The van der Waals surface area contributed by atoms with Crippen molar-refractivity contribution in [2.75, 3.05) is 5.32 Å². The minimum Gasteiger partial charge on any atom is -0.438 e.